The summed E-state index contributed by atoms with van der Waals surface area (Å²) in [5.74, 6) is -2.29. The smallest absolute Gasteiger partial charge is 0.329 e. The molecule has 1 unspecified atom stereocenters. The minimum Gasteiger partial charge on any atom is -0.480 e. The Morgan fingerprint density at radius 2 is 1.96 bits per heavy atom. The number of aliphatic carboxylic acids is 1. The molecule has 0 spiro atoms. The van der Waals surface area contributed by atoms with Gasteiger partial charge in [0, 0.05) is 12.8 Å². The minimum absolute atomic E-state index is 0.111. The summed E-state index contributed by atoms with van der Waals surface area (Å²) >= 11 is 0. The average Bonchev–Trinajstić information content (AvgIpc) is 2.58. The van der Waals surface area contributed by atoms with Crippen molar-refractivity contribution in [1.29, 1.82) is 0 Å². The van der Waals surface area contributed by atoms with Crippen molar-refractivity contribution in [2.24, 2.45) is 0 Å². The van der Waals surface area contributed by atoms with E-state index >= 15 is 0 Å². The second-order valence-corrected chi connectivity index (χ2v) is 6.48. The summed E-state index contributed by atoms with van der Waals surface area (Å²) in [4.78, 5) is 49.1. The number of anilines is 2. The van der Waals surface area contributed by atoms with Crippen LogP contribution in [-0.4, -0.2) is 40.9 Å². The SMILES string of the molecule is CCCC(C)(NC(=O)CCC(=O)N1CC(=O)Nc2ccccc21)C(=O)O. The number of nitrogens with one attached hydrogen (secondary N) is 2. The van der Waals surface area contributed by atoms with Crippen molar-refractivity contribution in [2.75, 3.05) is 16.8 Å². The van der Waals surface area contributed by atoms with Crippen LogP contribution in [0.5, 0.6) is 0 Å². The van der Waals surface area contributed by atoms with E-state index in [0.29, 0.717) is 24.2 Å². The second kappa shape index (κ2) is 7.99. The third kappa shape index (κ3) is 4.38. The summed E-state index contributed by atoms with van der Waals surface area (Å²) in [5.41, 5.74) is -0.228. The van der Waals surface area contributed by atoms with Crippen molar-refractivity contribution in [3.05, 3.63) is 24.3 Å². The number of hydrogen-bond acceptors (Lipinski definition) is 4. The Morgan fingerprint density at radius 3 is 2.62 bits per heavy atom. The van der Waals surface area contributed by atoms with Gasteiger partial charge in [-0.15, -0.1) is 0 Å². The molecule has 0 saturated heterocycles. The Kier molecular flexibility index (Phi) is 5.97. The largest absolute Gasteiger partial charge is 0.480 e. The highest BCUT2D eigenvalue weighted by Crippen LogP contribution is 2.29. The molecule has 26 heavy (non-hydrogen) atoms. The van der Waals surface area contributed by atoms with Crippen LogP contribution in [0.2, 0.25) is 0 Å². The van der Waals surface area contributed by atoms with E-state index in [4.69, 9.17) is 0 Å². The molecule has 0 saturated carbocycles. The first-order valence-corrected chi connectivity index (χ1v) is 8.50. The summed E-state index contributed by atoms with van der Waals surface area (Å²) in [5, 5.41) is 14.5. The molecule has 0 aromatic heterocycles. The lowest BCUT2D eigenvalue weighted by Crippen LogP contribution is -2.52. The molecule has 3 N–H and O–H groups in total. The molecule has 0 radical (unpaired) electrons. The van der Waals surface area contributed by atoms with Gasteiger partial charge in [0.2, 0.25) is 17.7 Å². The lowest BCUT2D eigenvalue weighted by Gasteiger charge is -2.29. The zero-order chi connectivity index (χ0) is 19.3. The molecule has 3 amide bonds. The van der Waals surface area contributed by atoms with Crippen molar-refractivity contribution in [3.63, 3.8) is 0 Å². The summed E-state index contributed by atoms with van der Waals surface area (Å²) in [6.07, 6.45) is 0.629. The predicted octanol–water partition coefficient (Wildman–Crippen LogP) is 1.51. The van der Waals surface area contributed by atoms with E-state index in [1.807, 2.05) is 6.92 Å². The first-order chi connectivity index (χ1) is 12.3. The maximum atomic E-state index is 12.5. The minimum atomic E-state index is -1.35. The van der Waals surface area contributed by atoms with Crippen LogP contribution in [0.3, 0.4) is 0 Å². The summed E-state index contributed by atoms with van der Waals surface area (Å²) < 4.78 is 0. The molecule has 8 nitrogen and oxygen atoms in total. The van der Waals surface area contributed by atoms with Gasteiger partial charge in [0.05, 0.1) is 11.4 Å². The van der Waals surface area contributed by atoms with Crippen LogP contribution in [0.1, 0.15) is 39.5 Å². The lowest BCUT2D eigenvalue weighted by molar-refractivity contribution is -0.147. The number of rotatable bonds is 7. The van der Waals surface area contributed by atoms with Gasteiger partial charge in [-0.2, -0.15) is 0 Å². The van der Waals surface area contributed by atoms with Crippen molar-refractivity contribution in [2.45, 2.75) is 45.1 Å². The van der Waals surface area contributed by atoms with Crippen LogP contribution < -0.4 is 15.5 Å². The molecule has 0 aliphatic carbocycles. The molecule has 1 heterocycles. The normalized spacial score (nSPS) is 15.5. The van der Waals surface area contributed by atoms with Crippen LogP contribution in [-0.2, 0) is 19.2 Å². The van der Waals surface area contributed by atoms with Gasteiger partial charge < -0.3 is 20.6 Å². The number of carbonyl (C=O) groups is 4. The highest BCUT2D eigenvalue weighted by atomic mass is 16.4. The van der Waals surface area contributed by atoms with Gasteiger partial charge in [0.25, 0.3) is 0 Å². The van der Waals surface area contributed by atoms with Crippen molar-refractivity contribution >= 4 is 35.1 Å². The molecule has 0 fully saturated rings. The number of benzene rings is 1. The number of para-hydroxylation sites is 2. The molecule has 1 aromatic rings. The average molecular weight is 361 g/mol. The third-order valence-corrected chi connectivity index (χ3v) is 4.27. The zero-order valence-corrected chi connectivity index (χ0v) is 14.9. The molecule has 8 heteroatoms. The van der Waals surface area contributed by atoms with Gasteiger partial charge in [-0.25, -0.2) is 4.79 Å². The first-order valence-electron chi connectivity index (χ1n) is 8.50. The molecular formula is C18H23N3O5. The summed E-state index contributed by atoms with van der Waals surface area (Å²) in [6.45, 7) is 3.17. The van der Waals surface area contributed by atoms with Gasteiger partial charge in [0.15, 0.2) is 0 Å². The van der Waals surface area contributed by atoms with E-state index in [1.54, 1.807) is 24.3 Å². The Hall–Kier alpha value is -2.90. The van der Waals surface area contributed by atoms with Crippen LogP contribution in [0.4, 0.5) is 11.4 Å². The molecule has 1 aliphatic rings. The monoisotopic (exact) mass is 361 g/mol. The van der Waals surface area contributed by atoms with Crippen molar-refractivity contribution in [3.8, 4) is 0 Å². The lowest BCUT2D eigenvalue weighted by atomic mass is 9.96. The second-order valence-electron chi connectivity index (χ2n) is 6.48. The van der Waals surface area contributed by atoms with Gasteiger partial charge in [0.1, 0.15) is 12.1 Å². The van der Waals surface area contributed by atoms with Crippen LogP contribution in [0, 0.1) is 0 Å². The molecule has 1 aliphatic heterocycles. The molecule has 0 bridgehead atoms. The van der Waals surface area contributed by atoms with E-state index in [2.05, 4.69) is 10.6 Å². The maximum Gasteiger partial charge on any atom is 0.329 e. The zero-order valence-electron chi connectivity index (χ0n) is 14.9. The Labute approximate surface area is 151 Å². The Bertz CT molecular complexity index is 733. The van der Waals surface area contributed by atoms with Crippen LogP contribution >= 0.6 is 0 Å². The third-order valence-electron chi connectivity index (χ3n) is 4.27. The van der Waals surface area contributed by atoms with E-state index < -0.39 is 17.4 Å². The Morgan fingerprint density at radius 1 is 1.27 bits per heavy atom. The van der Waals surface area contributed by atoms with Crippen LogP contribution in [0.25, 0.3) is 0 Å². The first kappa shape index (κ1) is 19.4. The highest BCUT2D eigenvalue weighted by Gasteiger charge is 2.34. The van der Waals surface area contributed by atoms with Gasteiger partial charge in [-0.1, -0.05) is 25.5 Å². The number of carboxylic acid groups (broad SMARTS) is 1. The fourth-order valence-corrected chi connectivity index (χ4v) is 2.90. The summed E-state index contributed by atoms with van der Waals surface area (Å²) in [6, 6.07) is 6.92. The van der Waals surface area contributed by atoms with Gasteiger partial charge in [-0.05, 0) is 25.5 Å². The highest BCUT2D eigenvalue weighted by molar-refractivity contribution is 6.10. The van der Waals surface area contributed by atoms with Crippen molar-refractivity contribution in [1.82, 2.24) is 5.32 Å². The number of carbonyl (C=O) groups excluding carboxylic acids is 3. The fourth-order valence-electron chi connectivity index (χ4n) is 2.90. The number of hydrogen-bond donors (Lipinski definition) is 3. The molecule has 2 rings (SSSR count). The van der Waals surface area contributed by atoms with E-state index in [9.17, 15) is 24.3 Å². The molecular weight excluding hydrogens is 338 g/mol. The van der Waals surface area contributed by atoms with Gasteiger partial charge >= 0.3 is 5.97 Å². The van der Waals surface area contributed by atoms with E-state index in [0.717, 1.165) is 0 Å². The predicted molar refractivity (Wildman–Crippen MR) is 95.8 cm³/mol. The topological polar surface area (TPSA) is 116 Å². The quantitative estimate of drug-likeness (QED) is 0.681. The number of amides is 3. The number of fused-ring (bicyclic) bond motifs is 1. The maximum absolute atomic E-state index is 12.5. The number of nitrogens with zero attached hydrogens (tertiary/aromatic N) is 1. The number of carboxylic acids is 1. The molecule has 1 aromatic carbocycles. The van der Waals surface area contributed by atoms with Crippen molar-refractivity contribution < 1.29 is 24.3 Å². The summed E-state index contributed by atoms with van der Waals surface area (Å²) in [7, 11) is 0. The standard InChI is InChI=1S/C18H23N3O5/c1-3-10-18(2,17(25)26)20-14(22)8-9-16(24)21-11-15(23)19-12-6-4-5-7-13(12)21/h4-7H,3,8-11H2,1-2H3,(H,19,23)(H,20,22)(H,25,26). The fraction of sp³-hybridized carbons (Fsp3) is 0.444. The Balaban J connectivity index is 1.99. The van der Waals surface area contributed by atoms with Gasteiger partial charge in [-0.3, -0.25) is 14.4 Å². The molecule has 140 valence electrons. The van der Waals surface area contributed by atoms with E-state index in [-0.39, 0.29) is 31.2 Å². The van der Waals surface area contributed by atoms with Crippen LogP contribution in [0.15, 0.2) is 24.3 Å². The molecule has 1 atom stereocenters. The van der Waals surface area contributed by atoms with E-state index in [1.165, 1.54) is 11.8 Å².